The van der Waals surface area contributed by atoms with Gasteiger partial charge < -0.3 is 23.5 Å². The van der Waals surface area contributed by atoms with Gasteiger partial charge in [-0.05, 0) is 57.6 Å². The van der Waals surface area contributed by atoms with Gasteiger partial charge in [0.05, 0.1) is 23.3 Å². The maximum absolute atomic E-state index is 13.3. The molecule has 0 radical (unpaired) electrons. The molecule has 1 aromatic heterocycles. The fourth-order valence-electron chi connectivity index (χ4n) is 5.14. The first-order valence-corrected chi connectivity index (χ1v) is 15.4. The largest absolute Gasteiger partial charge is 0.534 e. The third kappa shape index (κ3) is 6.69. The topological polar surface area (TPSA) is 111 Å². The second-order valence-corrected chi connectivity index (χ2v) is 13.2. The van der Waals surface area contributed by atoms with Crippen molar-refractivity contribution in [1.82, 2.24) is 14.9 Å². The minimum absolute atomic E-state index is 0.0911. The molecule has 3 aromatic rings. The Bertz CT molecular complexity index is 1640. The van der Waals surface area contributed by atoms with Crippen molar-refractivity contribution in [3.05, 3.63) is 52.7 Å². The van der Waals surface area contributed by atoms with Crippen molar-refractivity contribution < 1.29 is 40.0 Å². The fraction of sp³-hybridized carbons (Fsp3) is 0.464. The Morgan fingerprint density at radius 2 is 1.81 bits per heavy atom. The molecule has 1 saturated heterocycles. The van der Waals surface area contributed by atoms with Crippen LogP contribution in [0.3, 0.4) is 0 Å². The monoisotopic (exact) mass is 642 g/mol. The van der Waals surface area contributed by atoms with Crippen LogP contribution in [0.2, 0.25) is 5.02 Å². The molecule has 2 aliphatic rings. The van der Waals surface area contributed by atoms with Crippen LogP contribution in [0.1, 0.15) is 44.9 Å². The number of nitrogens with zero attached hydrogens (tertiary/aromatic N) is 4. The van der Waals surface area contributed by atoms with E-state index in [-0.39, 0.29) is 36.8 Å². The number of hydrogen-bond acceptors (Lipinski definition) is 9. The fourth-order valence-corrected chi connectivity index (χ4v) is 5.86. The van der Waals surface area contributed by atoms with E-state index in [2.05, 4.69) is 14.2 Å². The molecule has 3 heterocycles. The minimum atomic E-state index is -6.02. The summed E-state index contributed by atoms with van der Waals surface area (Å²) in [5, 5.41) is 2.21. The lowest BCUT2D eigenvalue weighted by Crippen LogP contribution is -2.42. The van der Waals surface area contributed by atoms with E-state index < -0.39 is 39.2 Å². The lowest BCUT2D eigenvalue weighted by atomic mass is 10.0. The Morgan fingerprint density at radius 3 is 2.51 bits per heavy atom. The highest BCUT2D eigenvalue weighted by Crippen LogP contribution is 2.38. The number of amides is 1. The van der Waals surface area contributed by atoms with E-state index in [0.717, 1.165) is 16.5 Å². The average Bonchev–Trinajstić information content (AvgIpc) is 3.39. The predicted octanol–water partition coefficient (Wildman–Crippen LogP) is 5.85. The van der Waals surface area contributed by atoms with Gasteiger partial charge in [0.1, 0.15) is 12.2 Å². The van der Waals surface area contributed by atoms with E-state index >= 15 is 0 Å². The molecule has 0 bridgehead atoms. The summed E-state index contributed by atoms with van der Waals surface area (Å²) in [6.45, 7) is 5.99. The van der Waals surface area contributed by atoms with Gasteiger partial charge in [0, 0.05) is 29.7 Å². The quantitative estimate of drug-likeness (QED) is 0.241. The van der Waals surface area contributed by atoms with Crippen LogP contribution in [0.4, 0.5) is 23.7 Å². The Hall–Kier alpha value is -3.52. The highest BCUT2D eigenvalue weighted by molar-refractivity contribution is 7.88. The van der Waals surface area contributed by atoms with Crippen molar-refractivity contribution in [2.75, 3.05) is 24.6 Å². The molecule has 15 heteroatoms. The Morgan fingerprint density at radius 1 is 1.09 bits per heavy atom. The molecular weight excluding hydrogens is 613 g/mol. The summed E-state index contributed by atoms with van der Waals surface area (Å²) in [6.07, 6.45) is 0.855. The van der Waals surface area contributed by atoms with E-state index in [4.69, 9.17) is 21.1 Å². The summed E-state index contributed by atoms with van der Waals surface area (Å²) in [5.74, 6) is -0.747. The van der Waals surface area contributed by atoms with Crippen LogP contribution < -0.4 is 13.8 Å². The summed E-state index contributed by atoms with van der Waals surface area (Å²) in [6, 6.07) is 10.4. The van der Waals surface area contributed by atoms with Gasteiger partial charge in [-0.3, -0.25) is 0 Å². The van der Waals surface area contributed by atoms with Crippen molar-refractivity contribution in [2.24, 2.45) is 0 Å². The molecular formula is C28H30ClF3N4O6S. The number of anilines is 1. The van der Waals surface area contributed by atoms with E-state index in [0.29, 0.717) is 31.0 Å². The van der Waals surface area contributed by atoms with Gasteiger partial charge >= 0.3 is 27.7 Å². The van der Waals surface area contributed by atoms with Gasteiger partial charge in [-0.2, -0.15) is 31.6 Å². The predicted molar refractivity (Wildman–Crippen MR) is 153 cm³/mol. The normalized spacial score (nSPS) is 17.6. The SMILES string of the molecule is CC(C)(C)OC(=O)N1CCC[C@H]1COc1nc2c(c(OS(=O)(=O)C(F)(F)F)n1)CCN(c1cccc3cccc(Cl)c13)C2. The third-order valence-corrected chi connectivity index (χ3v) is 8.32. The molecule has 0 saturated carbocycles. The molecule has 2 aromatic carbocycles. The zero-order valence-electron chi connectivity index (χ0n) is 23.6. The summed E-state index contributed by atoms with van der Waals surface area (Å²) >= 11 is 6.52. The van der Waals surface area contributed by atoms with Crippen molar-refractivity contribution in [1.29, 1.82) is 0 Å². The lowest BCUT2D eigenvalue weighted by Gasteiger charge is -2.32. The van der Waals surface area contributed by atoms with E-state index in [1.54, 1.807) is 26.8 Å². The Labute approximate surface area is 251 Å². The van der Waals surface area contributed by atoms with Crippen LogP contribution in [0.25, 0.3) is 10.8 Å². The number of carbonyl (C=O) groups excluding carboxylic acids is 1. The van der Waals surface area contributed by atoms with Crippen molar-refractivity contribution in [3.8, 4) is 11.9 Å². The number of carbonyl (C=O) groups is 1. The zero-order chi connectivity index (χ0) is 31.2. The summed E-state index contributed by atoms with van der Waals surface area (Å²) in [7, 11) is -6.02. The lowest BCUT2D eigenvalue weighted by molar-refractivity contribution is -0.0502. The molecule has 1 atom stereocenters. The number of hydrogen-bond donors (Lipinski definition) is 0. The first-order chi connectivity index (χ1) is 20.1. The molecule has 0 aliphatic carbocycles. The molecule has 0 unspecified atom stereocenters. The molecule has 0 N–H and O–H groups in total. The summed E-state index contributed by atoms with van der Waals surface area (Å²) in [4.78, 5) is 24.5. The highest BCUT2D eigenvalue weighted by Gasteiger charge is 2.49. The van der Waals surface area contributed by atoms with Crippen LogP contribution in [0, 0.1) is 0 Å². The highest BCUT2D eigenvalue weighted by atomic mass is 35.5. The van der Waals surface area contributed by atoms with E-state index in [1.807, 2.05) is 35.2 Å². The second-order valence-electron chi connectivity index (χ2n) is 11.3. The van der Waals surface area contributed by atoms with E-state index in [9.17, 15) is 26.4 Å². The number of halogens is 4. The Kier molecular flexibility index (Phi) is 8.29. The average molecular weight is 643 g/mol. The molecule has 1 amide bonds. The van der Waals surface area contributed by atoms with Gasteiger partial charge in [-0.1, -0.05) is 35.9 Å². The maximum Gasteiger partial charge on any atom is 0.534 e. The molecule has 232 valence electrons. The number of alkyl halides is 3. The van der Waals surface area contributed by atoms with Crippen molar-refractivity contribution in [2.45, 2.75) is 63.7 Å². The minimum Gasteiger partial charge on any atom is -0.461 e. The summed E-state index contributed by atoms with van der Waals surface area (Å²) in [5.41, 5.74) is -5.23. The molecule has 2 aliphatic heterocycles. The number of benzene rings is 2. The van der Waals surface area contributed by atoms with Gasteiger partial charge in [-0.15, -0.1) is 0 Å². The second kappa shape index (κ2) is 11.5. The standard InChI is InChI=1S/C28H30ClF3N4O6S/c1-27(2,3)41-26(37)36-13-6-9-18(36)16-40-25-33-21-15-35(22-11-5-8-17-7-4-10-20(29)23(17)22)14-12-19(21)24(34-25)42-43(38,39)28(30,31)32/h4-5,7-8,10-11,18H,6,9,12-16H2,1-3H3/t18-/m0/s1. The number of ether oxygens (including phenoxy) is 2. The van der Waals surface area contributed by atoms with Gasteiger partial charge in [0.25, 0.3) is 0 Å². The molecule has 1 fully saturated rings. The third-order valence-electron chi connectivity index (χ3n) is 7.06. The van der Waals surface area contributed by atoms with Crippen molar-refractivity contribution >= 4 is 44.3 Å². The summed E-state index contributed by atoms with van der Waals surface area (Å²) < 4.78 is 79.4. The zero-order valence-corrected chi connectivity index (χ0v) is 25.2. The van der Waals surface area contributed by atoms with Crippen LogP contribution in [-0.2, 0) is 27.8 Å². The first-order valence-electron chi connectivity index (χ1n) is 13.6. The van der Waals surface area contributed by atoms with Crippen molar-refractivity contribution in [3.63, 3.8) is 0 Å². The molecule has 5 rings (SSSR count). The van der Waals surface area contributed by atoms with Crippen LogP contribution >= 0.6 is 11.6 Å². The Balaban J connectivity index is 1.45. The van der Waals surface area contributed by atoms with E-state index in [1.165, 1.54) is 4.90 Å². The van der Waals surface area contributed by atoms with Gasteiger partial charge in [0.15, 0.2) is 0 Å². The number of rotatable bonds is 6. The van der Waals surface area contributed by atoms with Crippen LogP contribution in [0.15, 0.2) is 36.4 Å². The number of aromatic nitrogens is 2. The smallest absolute Gasteiger partial charge is 0.461 e. The molecule has 10 nitrogen and oxygen atoms in total. The number of fused-ring (bicyclic) bond motifs is 2. The maximum atomic E-state index is 13.3. The molecule has 0 spiro atoms. The molecule has 43 heavy (non-hydrogen) atoms. The number of likely N-dealkylation sites (tertiary alicyclic amines) is 1. The van der Waals surface area contributed by atoms with Crippen LogP contribution in [-0.4, -0.2) is 66.2 Å². The van der Waals surface area contributed by atoms with Crippen LogP contribution in [0.5, 0.6) is 11.9 Å². The first kappa shape index (κ1) is 30.9. The van der Waals surface area contributed by atoms with Gasteiger partial charge in [0.2, 0.25) is 5.88 Å². The van der Waals surface area contributed by atoms with Gasteiger partial charge in [-0.25, -0.2) is 4.79 Å².